The maximum absolute atomic E-state index is 13.4. The van der Waals surface area contributed by atoms with Crippen LogP contribution in [0.25, 0.3) is 11.1 Å². The number of piperidine rings is 1. The van der Waals surface area contributed by atoms with Gasteiger partial charge in [-0.25, -0.2) is 18.7 Å². The number of hydrogen-bond donors (Lipinski definition) is 1. The standard InChI is InChI=1S/C21H21F2N5/c22-15-6-4-14(5-7-15)18-12-26-21(24)27-20(18)19-3-1-2-10-28(19)13-17-9-8-16(23)11-25-17/h4-9,11-12,19H,1-3,10,13H2,(H2,24,26,27). The summed E-state index contributed by atoms with van der Waals surface area (Å²) >= 11 is 0. The first-order chi connectivity index (χ1) is 13.6. The zero-order valence-electron chi connectivity index (χ0n) is 15.4. The Morgan fingerprint density at radius 2 is 1.75 bits per heavy atom. The third kappa shape index (κ3) is 3.99. The molecule has 0 amide bonds. The van der Waals surface area contributed by atoms with Crippen LogP contribution >= 0.6 is 0 Å². The van der Waals surface area contributed by atoms with E-state index >= 15 is 0 Å². The molecule has 1 atom stereocenters. The summed E-state index contributed by atoms with van der Waals surface area (Å²) in [7, 11) is 0. The third-order valence-electron chi connectivity index (χ3n) is 5.08. The highest BCUT2D eigenvalue weighted by Gasteiger charge is 2.28. The molecular formula is C21H21F2N5. The Hall–Kier alpha value is -2.93. The molecule has 1 aromatic carbocycles. The highest BCUT2D eigenvalue weighted by molar-refractivity contribution is 5.66. The van der Waals surface area contributed by atoms with Crippen molar-refractivity contribution in [2.75, 3.05) is 12.3 Å². The molecule has 5 nitrogen and oxygen atoms in total. The normalized spacial score (nSPS) is 17.6. The van der Waals surface area contributed by atoms with Crippen LogP contribution in [0.4, 0.5) is 14.7 Å². The molecule has 0 saturated carbocycles. The molecule has 1 unspecified atom stereocenters. The Bertz CT molecular complexity index is 944. The van der Waals surface area contributed by atoms with Crippen molar-refractivity contribution >= 4 is 5.95 Å². The van der Waals surface area contributed by atoms with Gasteiger partial charge in [-0.3, -0.25) is 9.88 Å². The molecular weight excluding hydrogens is 360 g/mol. The van der Waals surface area contributed by atoms with Gasteiger partial charge in [0, 0.05) is 18.3 Å². The van der Waals surface area contributed by atoms with Crippen molar-refractivity contribution in [2.45, 2.75) is 31.8 Å². The molecule has 0 bridgehead atoms. The van der Waals surface area contributed by atoms with Gasteiger partial charge in [-0.15, -0.1) is 0 Å². The summed E-state index contributed by atoms with van der Waals surface area (Å²) in [5.74, 6) is -0.421. The number of halogens is 2. The van der Waals surface area contributed by atoms with E-state index in [9.17, 15) is 8.78 Å². The number of nitrogens with zero attached hydrogens (tertiary/aromatic N) is 4. The number of benzene rings is 1. The lowest BCUT2D eigenvalue weighted by atomic mass is 9.93. The Labute approximate surface area is 162 Å². The van der Waals surface area contributed by atoms with Crippen LogP contribution in [-0.2, 0) is 6.54 Å². The number of pyridine rings is 1. The van der Waals surface area contributed by atoms with Gasteiger partial charge in [-0.1, -0.05) is 18.6 Å². The van der Waals surface area contributed by atoms with Gasteiger partial charge >= 0.3 is 0 Å². The first kappa shape index (κ1) is 18.4. The molecule has 1 saturated heterocycles. The van der Waals surface area contributed by atoms with E-state index in [2.05, 4.69) is 19.9 Å². The van der Waals surface area contributed by atoms with Crippen molar-refractivity contribution in [1.29, 1.82) is 0 Å². The number of hydrogen-bond acceptors (Lipinski definition) is 5. The van der Waals surface area contributed by atoms with Crippen LogP contribution in [0.15, 0.2) is 48.8 Å². The molecule has 2 aromatic heterocycles. The Morgan fingerprint density at radius 1 is 0.964 bits per heavy atom. The van der Waals surface area contributed by atoms with Gasteiger partial charge in [-0.05, 0) is 49.2 Å². The minimum absolute atomic E-state index is 0.0333. The fourth-order valence-corrected chi connectivity index (χ4v) is 3.71. The van der Waals surface area contributed by atoms with E-state index in [1.54, 1.807) is 24.4 Å². The highest BCUT2D eigenvalue weighted by Crippen LogP contribution is 2.36. The predicted molar refractivity (Wildman–Crippen MR) is 103 cm³/mol. The average Bonchev–Trinajstić information content (AvgIpc) is 2.71. The molecule has 1 aliphatic heterocycles. The molecule has 0 aliphatic carbocycles. The topological polar surface area (TPSA) is 67.9 Å². The highest BCUT2D eigenvalue weighted by atomic mass is 19.1. The van der Waals surface area contributed by atoms with Crippen molar-refractivity contribution < 1.29 is 8.78 Å². The maximum Gasteiger partial charge on any atom is 0.220 e. The van der Waals surface area contributed by atoms with Crippen molar-refractivity contribution in [1.82, 2.24) is 19.9 Å². The van der Waals surface area contributed by atoms with Gasteiger partial charge in [-0.2, -0.15) is 0 Å². The predicted octanol–water partition coefficient (Wildman–Crippen LogP) is 4.13. The summed E-state index contributed by atoms with van der Waals surface area (Å²) in [6, 6.07) is 9.47. The summed E-state index contributed by atoms with van der Waals surface area (Å²) < 4.78 is 26.5. The summed E-state index contributed by atoms with van der Waals surface area (Å²) in [6.07, 6.45) is 6.01. The summed E-state index contributed by atoms with van der Waals surface area (Å²) in [5, 5.41) is 0. The summed E-state index contributed by atoms with van der Waals surface area (Å²) in [4.78, 5) is 15.2. The van der Waals surface area contributed by atoms with Crippen LogP contribution in [0.2, 0.25) is 0 Å². The van der Waals surface area contributed by atoms with E-state index in [1.807, 2.05) is 0 Å². The van der Waals surface area contributed by atoms with Crippen LogP contribution in [0.1, 0.15) is 36.7 Å². The van der Waals surface area contributed by atoms with Gasteiger partial charge in [0.05, 0.1) is 23.6 Å². The van der Waals surface area contributed by atoms with Crippen LogP contribution in [-0.4, -0.2) is 26.4 Å². The van der Waals surface area contributed by atoms with E-state index in [4.69, 9.17) is 5.73 Å². The molecule has 7 heteroatoms. The first-order valence-corrected chi connectivity index (χ1v) is 9.33. The largest absolute Gasteiger partial charge is 0.368 e. The van der Waals surface area contributed by atoms with E-state index in [0.717, 1.165) is 48.3 Å². The van der Waals surface area contributed by atoms with E-state index < -0.39 is 0 Å². The summed E-state index contributed by atoms with van der Waals surface area (Å²) in [6.45, 7) is 1.48. The lowest BCUT2D eigenvalue weighted by molar-refractivity contribution is 0.136. The molecule has 4 rings (SSSR count). The number of rotatable bonds is 4. The van der Waals surface area contributed by atoms with E-state index in [0.29, 0.717) is 6.54 Å². The summed E-state index contributed by atoms with van der Waals surface area (Å²) in [5.41, 5.74) is 9.23. The SMILES string of the molecule is Nc1ncc(-c2ccc(F)cc2)c(C2CCCCN2Cc2ccc(F)cn2)n1. The first-order valence-electron chi connectivity index (χ1n) is 9.33. The monoisotopic (exact) mass is 381 g/mol. The number of anilines is 1. The molecule has 28 heavy (non-hydrogen) atoms. The lowest BCUT2D eigenvalue weighted by Crippen LogP contribution is -2.34. The number of aromatic nitrogens is 3. The molecule has 0 spiro atoms. The second-order valence-electron chi connectivity index (χ2n) is 6.98. The fraction of sp³-hybridized carbons (Fsp3) is 0.286. The minimum Gasteiger partial charge on any atom is -0.368 e. The maximum atomic E-state index is 13.4. The van der Waals surface area contributed by atoms with Crippen molar-refractivity contribution in [3.8, 4) is 11.1 Å². The van der Waals surface area contributed by atoms with Gasteiger partial charge in [0.25, 0.3) is 0 Å². The second-order valence-corrected chi connectivity index (χ2v) is 6.98. The van der Waals surface area contributed by atoms with Crippen LogP contribution in [0, 0.1) is 11.6 Å². The molecule has 3 heterocycles. The quantitative estimate of drug-likeness (QED) is 0.736. The van der Waals surface area contributed by atoms with Gasteiger partial charge in [0.1, 0.15) is 11.6 Å². The number of nitrogen functional groups attached to an aromatic ring is 1. The smallest absolute Gasteiger partial charge is 0.220 e. The zero-order chi connectivity index (χ0) is 19.5. The van der Waals surface area contributed by atoms with Crippen LogP contribution in [0.5, 0.6) is 0 Å². The average molecular weight is 381 g/mol. The fourth-order valence-electron chi connectivity index (χ4n) is 3.71. The second kappa shape index (κ2) is 7.98. The van der Waals surface area contributed by atoms with Crippen molar-refractivity contribution in [3.05, 3.63) is 71.8 Å². The Balaban J connectivity index is 1.69. The van der Waals surface area contributed by atoms with Crippen molar-refractivity contribution in [3.63, 3.8) is 0 Å². The van der Waals surface area contributed by atoms with Gasteiger partial charge in [0.15, 0.2) is 0 Å². The van der Waals surface area contributed by atoms with Gasteiger partial charge < -0.3 is 5.73 Å². The van der Waals surface area contributed by atoms with E-state index in [-0.39, 0.29) is 23.6 Å². The molecule has 2 N–H and O–H groups in total. The molecule has 144 valence electrons. The number of likely N-dealkylation sites (tertiary alicyclic amines) is 1. The molecule has 1 fully saturated rings. The van der Waals surface area contributed by atoms with E-state index in [1.165, 1.54) is 24.4 Å². The lowest BCUT2D eigenvalue weighted by Gasteiger charge is -2.36. The Morgan fingerprint density at radius 3 is 2.50 bits per heavy atom. The van der Waals surface area contributed by atoms with Gasteiger partial charge in [0.2, 0.25) is 5.95 Å². The molecule has 3 aromatic rings. The zero-order valence-corrected chi connectivity index (χ0v) is 15.4. The van der Waals surface area contributed by atoms with Crippen LogP contribution < -0.4 is 5.73 Å². The minimum atomic E-state index is -0.346. The number of nitrogens with two attached hydrogens (primary N) is 1. The van der Waals surface area contributed by atoms with Crippen LogP contribution in [0.3, 0.4) is 0 Å². The Kier molecular flexibility index (Phi) is 5.25. The molecule has 0 radical (unpaired) electrons. The molecule has 1 aliphatic rings. The van der Waals surface area contributed by atoms with Crippen molar-refractivity contribution in [2.24, 2.45) is 0 Å². The third-order valence-corrected chi connectivity index (χ3v) is 5.08.